The molecule has 0 fully saturated rings. The highest BCUT2D eigenvalue weighted by Gasteiger charge is 2.17. The number of hydrogen-bond donors (Lipinski definition) is 0. The molecule has 1 atom stereocenters. The highest BCUT2D eigenvalue weighted by Crippen LogP contribution is 2.06. The summed E-state index contributed by atoms with van der Waals surface area (Å²) in [4.78, 5) is 22.2. The minimum absolute atomic E-state index is 0.0925. The molecule has 0 saturated heterocycles. The van der Waals surface area contributed by atoms with Gasteiger partial charge in [0.05, 0.1) is 13.0 Å². The van der Waals surface area contributed by atoms with Gasteiger partial charge in [-0.05, 0) is 6.42 Å². The van der Waals surface area contributed by atoms with Crippen LogP contribution < -0.4 is 0 Å². The molecule has 1 unspecified atom stereocenters. The number of halogens is 2. The van der Waals surface area contributed by atoms with E-state index in [4.69, 9.17) is 21.1 Å². The summed E-state index contributed by atoms with van der Waals surface area (Å²) in [6.45, 7) is 2.44. The minimum Gasteiger partial charge on any atom is -0.466 e. The van der Waals surface area contributed by atoms with Crippen molar-refractivity contribution >= 4 is 46.1 Å². The molecule has 4 nitrogen and oxygen atoms in total. The first kappa shape index (κ1) is 16.0. The van der Waals surface area contributed by atoms with Crippen LogP contribution >= 0.6 is 34.2 Å². The molecule has 94 valence electrons. The maximum Gasteiger partial charge on any atom is 0.321 e. The van der Waals surface area contributed by atoms with Gasteiger partial charge in [-0.3, -0.25) is 9.59 Å². The molecule has 0 saturated carbocycles. The second-order valence-corrected chi connectivity index (χ2v) is 4.33. The smallest absolute Gasteiger partial charge is 0.321 e. The van der Waals surface area contributed by atoms with Gasteiger partial charge in [0.1, 0.15) is 12.0 Å². The van der Waals surface area contributed by atoms with Gasteiger partial charge in [-0.2, -0.15) is 0 Å². The predicted molar refractivity (Wildman–Crippen MR) is 70.0 cm³/mol. The van der Waals surface area contributed by atoms with Gasteiger partial charge in [0.2, 0.25) is 0 Å². The molecular weight excluding hydrogens is 346 g/mol. The van der Waals surface area contributed by atoms with Crippen LogP contribution in [0.15, 0.2) is 0 Å². The SMILES string of the molecule is CCCCOC(=O)CC(CI)OC(=O)CCl. The number of hydrogen-bond acceptors (Lipinski definition) is 4. The first-order valence-corrected chi connectivity index (χ1v) is 7.17. The fourth-order valence-electron chi connectivity index (χ4n) is 0.920. The maximum atomic E-state index is 11.3. The first-order valence-electron chi connectivity index (χ1n) is 5.11. The van der Waals surface area contributed by atoms with Crippen LogP contribution in [0, 0.1) is 0 Å². The van der Waals surface area contributed by atoms with E-state index >= 15 is 0 Å². The van der Waals surface area contributed by atoms with Gasteiger partial charge < -0.3 is 9.47 Å². The summed E-state index contributed by atoms with van der Waals surface area (Å²) in [5, 5.41) is 0. The quantitative estimate of drug-likeness (QED) is 0.288. The lowest BCUT2D eigenvalue weighted by atomic mass is 10.3. The number of esters is 2. The molecule has 16 heavy (non-hydrogen) atoms. The van der Waals surface area contributed by atoms with Gasteiger partial charge in [-0.25, -0.2) is 0 Å². The molecule has 0 spiro atoms. The van der Waals surface area contributed by atoms with E-state index in [0.717, 1.165) is 12.8 Å². The van der Waals surface area contributed by atoms with Crippen molar-refractivity contribution in [3.05, 3.63) is 0 Å². The molecule has 6 heteroatoms. The lowest BCUT2D eigenvalue weighted by molar-refractivity contribution is -0.152. The predicted octanol–water partition coefficient (Wildman–Crippen LogP) is 2.31. The van der Waals surface area contributed by atoms with E-state index in [1.165, 1.54) is 0 Å². The van der Waals surface area contributed by atoms with Crippen LogP contribution in [0.4, 0.5) is 0 Å². The third kappa shape index (κ3) is 8.15. The topological polar surface area (TPSA) is 52.6 Å². The van der Waals surface area contributed by atoms with E-state index in [9.17, 15) is 9.59 Å². The Morgan fingerprint density at radius 1 is 1.38 bits per heavy atom. The summed E-state index contributed by atoms with van der Waals surface area (Å²) in [6, 6.07) is 0. The average Bonchev–Trinajstić information content (AvgIpc) is 2.28. The molecule has 0 aliphatic heterocycles. The second-order valence-electron chi connectivity index (χ2n) is 3.18. The zero-order chi connectivity index (χ0) is 12.4. The van der Waals surface area contributed by atoms with Gasteiger partial charge in [0.25, 0.3) is 0 Å². The third-order valence-electron chi connectivity index (χ3n) is 1.73. The summed E-state index contributed by atoms with van der Waals surface area (Å²) in [5.74, 6) is -1.04. The molecule has 0 aliphatic carbocycles. The van der Waals surface area contributed by atoms with Gasteiger partial charge in [-0.1, -0.05) is 35.9 Å². The van der Waals surface area contributed by atoms with Crippen molar-refractivity contribution in [2.45, 2.75) is 32.3 Å². The molecular formula is C10H16ClIO4. The third-order valence-corrected chi connectivity index (χ3v) is 2.94. The maximum absolute atomic E-state index is 11.3. The van der Waals surface area contributed by atoms with Gasteiger partial charge in [0, 0.05) is 4.43 Å². The van der Waals surface area contributed by atoms with Crippen molar-refractivity contribution in [3.63, 3.8) is 0 Å². The molecule has 0 aromatic heterocycles. The van der Waals surface area contributed by atoms with Gasteiger partial charge in [0.15, 0.2) is 0 Å². The number of ether oxygens (including phenoxy) is 2. The molecule has 0 aromatic rings. The van der Waals surface area contributed by atoms with Crippen LogP contribution in [0.3, 0.4) is 0 Å². The molecule has 0 heterocycles. The molecule has 0 aromatic carbocycles. The van der Waals surface area contributed by atoms with E-state index in [2.05, 4.69) is 0 Å². The number of carbonyl (C=O) groups is 2. The standard InChI is InChI=1S/C10H16ClIO4/c1-2-3-4-15-9(13)5-8(7-12)16-10(14)6-11/h8H,2-7H2,1H3. The number of rotatable bonds is 8. The Hall–Kier alpha value is -0.0400. The lowest BCUT2D eigenvalue weighted by Crippen LogP contribution is -2.24. The summed E-state index contributed by atoms with van der Waals surface area (Å²) in [7, 11) is 0. The molecule has 0 aliphatic rings. The number of alkyl halides is 2. The molecule has 0 N–H and O–H groups in total. The van der Waals surface area contributed by atoms with E-state index in [-0.39, 0.29) is 18.3 Å². The van der Waals surface area contributed by atoms with Crippen LogP contribution in [0.2, 0.25) is 0 Å². The van der Waals surface area contributed by atoms with Crippen molar-refractivity contribution in [1.82, 2.24) is 0 Å². The van der Waals surface area contributed by atoms with Crippen molar-refractivity contribution < 1.29 is 19.1 Å². The van der Waals surface area contributed by atoms with Crippen molar-refractivity contribution in [3.8, 4) is 0 Å². The number of carbonyl (C=O) groups excluding carboxylic acids is 2. The fourth-order valence-corrected chi connectivity index (χ4v) is 1.47. The summed E-state index contributed by atoms with van der Waals surface area (Å²) in [5.41, 5.74) is 0. The van der Waals surface area contributed by atoms with E-state index in [1.807, 2.05) is 29.5 Å². The first-order chi connectivity index (χ1) is 7.63. The minimum atomic E-state index is -0.510. The van der Waals surface area contributed by atoms with E-state index < -0.39 is 12.1 Å². The van der Waals surface area contributed by atoms with Crippen LogP contribution in [-0.2, 0) is 19.1 Å². The Balaban J connectivity index is 3.83. The fraction of sp³-hybridized carbons (Fsp3) is 0.800. The Kier molecular flexibility index (Phi) is 10.1. The van der Waals surface area contributed by atoms with Crippen LogP contribution in [-0.4, -0.2) is 35.0 Å². The Bertz CT molecular complexity index is 223. The Morgan fingerprint density at radius 2 is 2.06 bits per heavy atom. The Morgan fingerprint density at radius 3 is 2.56 bits per heavy atom. The van der Waals surface area contributed by atoms with Crippen molar-refractivity contribution in [1.29, 1.82) is 0 Å². The van der Waals surface area contributed by atoms with Crippen molar-refractivity contribution in [2.75, 3.05) is 16.9 Å². The summed E-state index contributed by atoms with van der Waals surface area (Å²) >= 11 is 7.35. The highest BCUT2D eigenvalue weighted by molar-refractivity contribution is 14.1. The molecule has 0 radical (unpaired) electrons. The number of unbranched alkanes of at least 4 members (excludes halogenated alkanes) is 1. The highest BCUT2D eigenvalue weighted by atomic mass is 127. The van der Waals surface area contributed by atoms with E-state index in [0.29, 0.717) is 11.0 Å². The lowest BCUT2D eigenvalue weighted by Gasteiger charge is -2.13. The average molecular weight is 363 g/mol. The second kappa shape index (κ2) is 10.1. The van der Waals surface area contributed by atoms with Crippen LogP contribution in [0.1, 0.15) is 26.2 Å². The monoisotopic (exact) mass is 362 g/mol. The van der Waals surface area contributed by atoms with Crippen molar-refractivity contribution in [2.24, 2.45) is 0 Å². The molecule has 0 bridgehead atoms. The largest absolute Gasteiger partial charge is 0.466 e. The summed E-state index contributed by atoms with van der Waals surface area (Å²) in [6.07, 6.45) is 1.47. The Labute approximate surface area is 114 Å². The zero-order valence-corrected chi connectivity index (χ0v) is 12.1. The van der Waals surface area contributed by atoms with Crippen LogP contribution in [0.25, 0.3) is 0 Å². The normalized spacial score (nSPS) is 11.9. The van der Waals surface area contributed by atoms with E-state index in [1.54, 1.807) is 0 Å². The van der Waals surface area contributed by atoms with Gasteiger partial charge >= 0.3 is 11.9 Å². The molecule has 0 rings (SSSR count). The van der Waals surface area contributed by atoms with Crippen LogP contribution in [0.5, 0.6) is 0 Å². The zero-order valence-electron chi connectivity index (χ0n) is 9.21. The molecule has 0 amide bonds. The summed E-state index contributed by atoms with van der Waals surface area (Å²) < 4.78 is 10.5. The van der Waals surface area contributed by atoms with Gasteiger partial charge in [-0.15, -0.1) is 11.6 Å².